The number of nitrogens with zero attached hydrogens (tertiary/aromatic N) is 2. The minimum absolute atomic E-state index is 0.0143. The van der Waals surface area contributed by atoms with Crippen LogP contribution in [0.15, 0.2) is 24.5 Å². The van der Waals surface area contributed by atoms with Gasteiger partial charge in [0.05, 0.1) is 6.10 Å². The van der Waals surface area contributed by atoms with Crippen molar-refractivity contribution < 1.29 is 14.7 Å². The molecule has 0 spiro atoms. The lowest BCUT2D eigenvalue weighted by atomic mass is 9.51. The second-order valence-electron chi connectivity index (χ2n) is 10.8. The Morgan fingerprint density at radius 3 is 2.50 bits per heavy atom. The summed E-state index contributed by atoms with van der Waals surface area (Å²) >= 11 is 0. The molecule has 0 unspecified atom stereocenters. The molecule has 4 rings (SSSR count). The molecule has 7 atom stereocenters. The summed E-state index contributed by atoms with van der Waals surface area (Å²) in [5.41, 5.74) is 0.671. The molecule has 6 nitrogen and oxygen atoms in total. The number of pyridine rings is 1. The average molecular weight is 442 g/mol. The van der Waals surface area contributed by atoms with E-state index in [0.29, 0.717) is 5.56 Å². The van der Waals surface area contributed by atoms with Crippen molar-refractivity contribution in [1.29, 1.82) is 0 Å². The van der Waals surface area contributed by atoms with Crippen LogP contribution in [0.4, 0.5) is 0 Å². The van der Waals surface area contributed by atoms with Gasteiger partial charge in [0.15, 0.2) is 0 Å². The zero-order chi connectivity index (χ0) is 22.9. The molecule has 2 saturated carbocycles. The predicted molar refractivity (Wildman–Crippen MR) is 124 cm³/mol. The Kier molecular flexibility index (Phi) is 6.89. The van der Waals surface area contributed by atoms with Gasteiger partial charge in [-0.15, -0.1) is 0 Å². The molecule has 0 radical (unpaired) electrons. The monoisotopic (exact) mass is 441 g/mol. The lowest BCUT2D eigenvalue weighted by Gasteiger charge is -2.56. The molecule has 32 heavy (non-hydrogen) atoms. The van der Waals surface area contributed by atoms with Crippen LogP contribution in [0, 0.1) is 29.1 Å². The van der Waals surface area contributed by atoms with Gasteiger partial charge in [-0.05, 0) is 80.2 Å². The molecule has 2 aliphatic carbocycles. The molecule has 0 bridgehead atoms. The summed E-state index contributed by atoms with van der Waals surface area (Å²) in [5, 5.41) is 14.8. The van der Waals surface area contributed by atoms with Gasteiger partial charge in [-0.3, -0.25) is 14.6 Å². The quantitative estimate of drug-likeness (QED) is 0.747. The molecular formula is C26H39N3O3. The van der Waals surface area contributed by atoms with E-state index in [4.69, 9.17) is 0 Å². The van der Waals surface area contributed by atoms with Gasteiger partial charge >= 0.3 is 0 Å². The van der Waals surface area contributed by atoms with E-state index >= 15 is 0 Å². The molecule has 2 N–H and O–H groups in total. The number of aliphatic hydroxyl groups excluding tert-OH is 1. The van der Waals surface area contributed by atoms with Crippen LogP contribution in [0.2, 0.25) is 0 Å². The fourth-order valence-corrected chi connectivity index (χ4v) is 6.84. The lowest BCUT2D eigenvalue weighted by Crippen LogP contribution is -2.58. The summed E-state index contributed by atoms with van der Waals surface area (Å²) in [6.07, 6.45) is 9.96. The van der Waals surface area contributed by atoms with Gasteiger partial charge in [0, 0.05) is 43.0 Å². The first kappa shape index (κ1) is 23.2. The van der Waals surface area contributed by atoms with Gasteiger partial charge in [-0.1, -0.05) is 20.8 Å². The highest BCUT2D eigenvalue weighted by molar-refractivity contribution is 5.94. The molecule has 6 heteroatoms. The first-order chi connectivity index (χ1) is 15.3. The number of rotatable bonds is 4. The van der Waals surface area contributed by atoms with Gasteiger partial charge < -0.3 is 15.3 Å². The summed E-state index contributed by atoms with van der Waals surface area (Å²) in [4.78, 5) is 32.0. The average Bonchev–Trinajstić information content (AvgIpc) is 2.81. The van der Waals surface area contributed by atoms with Gasteiger partial charge in [-0.25, -0.2) is 0 Å². The molecule has 1 aromatic heterocycles. The molecule has 0 aromatic carbocycles. The Bertz CT molecular complexity index is 810. The predicted octanol–water partition coefficient (Wildman–Crippen LogP) is 3.65. The third-order valence-corrected chi connectivity index (χ3v) is 8.85. The van der Waals surface area contributed by atoms with Crippen molar-refractivity contribution in [2.45, 2.75) is 77.9 Å². The summed E-state index contributed by atoms with van der Waals surface area (Å²) in [7, 11) is 0. The molecule has 176 valence electrons. The molecule has 1 aromatic rings. The van der Waals surface area contributed by atoms with E-state index in [1.54, 1.807) is 24.5 Å². The molecule has 1 aliphatic heterocycles. The van der Waals surface area contributed by atoms with Crippen LogP contribution in [0.5, 0.6) is 0 Å². The first-order valence-corrected chi connectivity index (χ1v) is 12.5. The van der Waals surface area contributed by atoms with Crippen molar-refractivity contribution in [1.82, 2.24) is 15.2 Å². The van der Waals surface area contributed by atoms with Crippen molar-refractivity contribution in [2.24, 2.45) is 29.1 Å². The van der Waals surface area contributed by atoms with Crippen LogP contribution in [0.25, 0.3) is 0 Å². The number of amides is 2. The van der Waals surface area contributed by atoms with Crippen LogP contribution in [0.3, 0.4) is 0 Å². The molecule has 2 heterocycles. The molecule has 3 fully saturated rings. The third-order valence-electron chi connectivity index (χ3n) is 8.85. The largest absolute Gasteiger partial charge is 0.392 e. The number of aliphatic hydroxyl groups is 1. The maximum absolute atomic E-state index is 13.2. The second kappa shape index (κ2) is 9.50. The third kappa shape index (κ3) is 4.43. The standard InChI is InChI=1S/C26H39N3O3/c1-17(25(32)29-15-5-4-6-16-29)20-7-11-26(3)12-8-21(18(2)22(26)23(20)30)28-24(31)19-9-13-27-14-10-19/h9-10,13-14,17-18,20-23,30H,4-8,11-12,15-16H2,1-3H3,(H,28,31)/t17-,18-,20+,21-,22+,23-,26+/m0/s1. The van der Waals surface area contributed by atoms with Gasteiger partial charge in [-0.2, -0.15) is 0 Å². The summed E-state index contributed by atoms with van der Waals surface area (Å²) in [6.45, 7) is 8.19. The van der Waals surface area contributed by atoms with E-state index in [1.807, 2.05) is 11.8 Å². The zero-order valence-electron chi connectivity index (χ0n) is 19.8. The number of aromatic nitrogens is 1. The number of nitrogens with one attached hydrogen (secondary N) is 1. The second-order valence-corrected chi connectivity index (χ2v) is 10.8. The molecule has 3 aliphatic rings. The number of hydrogen-bond acceptors (Lipinski definition) is 4. The smallest absolute Gasteiger partial charge is 0.251 e. The van der Waals surface area contributed by atoms with Crippen molar-refractivity contribution in [3.8, 4) is 0 Å². The van der Waals surface area contributed by atoms with E-state index in [1.165, 1.54) is 6.42 Å². The van der Waals surface area contributed by atoms with E-state index in [-0.39, 0.29) is 46.9 Å². The Balaban J connectivity index is 1.47. The Morgan fingerprint density at radius 1 is 1.16 bits per heavy atom. The number of carbonyl (C=O) groups excluding carboxylic acids is 2. The maximum atomic E-state index is 13.2. The number of piperidine rings is 1. The highest BCUT2D eigenvalue weighted by atomic mass is 16.3. The highest BCUT2D eigenvalue weighted by Crippen LogP contribution is 2.55. The Morgan fingerprint density at radius 2 is 1.81 bits per heavy atom. The minimum Gasteiger partial charge on any atom is -0.392 e. The van der Waals surface area contributed by atoms with E-state index in [9.17, 15) is 14.7 Å². The van der Waals surface area contributed by atoms with Crippen molar-refractivity contribution >= 4 is 11.8 Å². The van der Waals surface area contributed by atoms with Gasteiger partial charge in [0.25, 0.3) is 5.91 Å². The summed E-state index contributed by atoms with van der Waals surface area (Å²) in [6, 6.07) is 3.48. The fourth-order valence-electron chi connectivity index (χ4n) is 6.84. The van der Waals surface area contributed by atoms with Gasteiger partial charge in [0.2, 0.25) is 5.91 Å². The maximum Gasteiger partial charge on any atom is 0.251 e. The SMILES string of the molecule is C[C@@H]1[C@@H]2[C@@H](O)[C@@H]([C@H](C)C(=O)N3CCCCC3)CC[C@]2(C)CC[C@@H]1NC(=O)c1ccncc1. The molecular weight excluding hydrogens is 402 g/mol. The zero-order valence-corrected chi connectivity index (χ0v) is 19.8. The summed E-state index contributed by atoms with van der Waals surface area (Å²) < 4.78 is 0. The fraction of sp³-hybridized carbons (Fsp3) is 0.731. The van der Waals surface area contributed by atoms with Crippen molar-refractivity contribution in [2.75, 3.05) is 13.1 Å². The van der Waals surface area contributed by atoms with E-state index < -0.39 is 6.10 Å². The lowest BCUT2D eigenvalue weighted by molar-refractivity contribution is -0.150. The van der Waals surface area contributed by atoms with Crippen LogP contribution < -0.4 is 5.32 Å². The van der Waals surface area contributed by atoms with Crippen LogP contribution in [0.1, 0.15) is 76.1 Å². The van der Waals surface area contributed by atoms with E-state index in [0.717, 1.165) is 51.6 Å². The molecule has 2 amide bonds. The Hall–Kier alpha value is -1.95. The minimum atomic E-state index is -0.520. The van der Waals surface area contributed by atoms with Crippen LogP contribution >= 0.6 is 0 Å². The highest BCUT2D eigenvalue weighted by Gasteiger charge is 2.54. The number of fused-ring (bicyclic) bond motifs is 1. The van der Waals surface area contributed by atoms with Crippen molar-refractivity contribution in [3.05, 3.63) is 30.1 Å². The topological polar surface area (TPSA) is 82.5 Å². The van der Waals surface area contributed by atoms with E-state index in [2.05, 4.69) is 24.1 Å². The Labute approximate surface area is 192 Å². The number of carbonyl (C=O) groups is 2. The molecule has 1 saturated heterocycles. The first-order valence-electron chi connectivity index (χ1n) is 12.5. The normalized spacial score (nSPS) is 36.1. The number of hydrogen-bond donors (Lipinski definition) is 2. The number of likely N-dealkylation sites (tertiary alicyclic amines) is 1. The van der Waals surface area contributed by atoms with Crippen LogP contribution in [-0.2, 0) is 4.79 Å². The van der Waals surface area contributed by atoms with Gasteiger partial charge in [0.1, 0.15) is 0 Å². The summed E-state index contributed by atoms with van der Waals surface area (Å²) in [5.74, 6) is 0.182. The van der Waals surface area contributed by atoms with Crippen molar-refractivity contribution in [3.63, 3.8) is 0 Å². The van der Waals surface area contributed by atoms with Crippen LogP contribution in [-0.4, -0.2) is 52.0 Å².